The average Bonchev–Trinajstić information content (AvgIpc) is 3.29. The van der Waals surface area contributed by atoms with Crippen LogP contribution in [-0.4, -0.2) is 37.0 Å². The van der Waals surface area contributed by atoms with Crippen molar-refractivity contribution >= 4 is 34.5 Å². The third kappa shape index (κ3) is 3.15. The zero-order valence-electron chi connectivity index (χ0n) is 14.4. The first kappa shape index (κ1) is 17.5. The summed E-state index contributed by atoms with van der Waals surface area (Å²) in [5.74, 6) is -0.155. The summed E-state index contributed by atoms with van der Waals surface area (Å²) in [5.41, 5.74) is 1.24. The number of fused-ring (bicyclic) bond motifs is 1. The van der Waals surface area contributed by atoms with E-state index in [0.29, 0.717) is 16.4 Å². The minimum absolute atomic E-state index is 0.0953. The lowest BCUT2D eigenvalue weighted by atomic mass is 10.00. The molecule has 0 unspecified atom stereocenters. The molecule has 1 aliphatic heterocycles. The highest BCUT2D eigenvalue weighted by molar-refractivity contribution is 8.00. The Morgan fingerprint density at radius 2 is 2.12 bits per heavy atom. The van der Waals surface area contributed by atoms with E-state index in [2.05, 4.69) is 15.0 Å². The molecule has 1 aliphatic carbocycles. The zero-order valence-corrected chi connectivity index (χ0v) is 15.9. The lowest BCUT2D eigenvalue weighted by molar-refractivity contribution is -0.0186. The summed E-state index contributed by atoms with van der Waals surface area (Å²) in [7, 11) is 0. The van der Waals surface area contributed by atoms with Crippen molar-refractivity contribution in [1.82, 2.24) is 19.5 Å². The van der Waals surface area contributed by atoms with Gasteiger partial charge >= 0.3 is 0 Å². The van der Waals surface area contributed by atoms with Gasteiger partial charge in [0.25, 0.3) is 0 Å². The van der Waals surface area contributed by atoms with E-state index in [-0.39, 0.29) is 17.3 Å². The van der Waals surface area contributed by atoms with Crippen LogP contribution in [-0.2, 0) is 4.74 Å². The molecular formula is C17H22ClFN4OS. The first-order valence-electron chi connectivity index (χ1n) is 8.94. The Morgan fingerprint density at radius 1 is 1.36 bits per heavy atom. The van der Waals surface area contributed by atoms with Crippen molar-refractivity contribution in [3.8, 4) is 0 Å². The summed E-state index contributed by atoms with van der Waals surface area (Å²) in [5, 5.41) is 1.50. The Bertz CT molecular complexity index is 766. The van der Waals surface area contributed by atoms with Gasteiger partial charge < -0.3 is 4.74 Å². The van der Waals surface area contributed by atoms with Gasteiger partial charge in [-0.25, -0.2) is 14.4 Å². The van der Waals surface area contributed by atoms with E-state index in [9.17, 15) is 4.39 Å². The monoisotopic (exact) mass is 384 g/mol. The van der Waals surface area contributed by atoms with E-state index in [1.54, 1.807) is 22.7 Å². The smallest absolute Gasteiger partial charge is 0.225 e. The molecule has 0 amide bonds. The van der Waals surface area contributed by atoms with Crippen LogP contribution < -0.4 is 0 Å². The molecule has 136 valence electrons. The molecule has 1 saturated carbocycles. The Hall–Kier alpha value is -0.920. The van der Waals surface area contributed by atoms with Crippen LogP contribution in [0.25, 0.3) is 11.2 Å². The maximum Gasteiger partial charge on any atom is 0.225 e. The number of hydrogen-bond acceptors (Lipinski definition) is 5. The van der Waals surface area contributed by atoms with Crippen LogP contribution in [0, 0.1) is 5.92 Å². The van der Waals surface area contributed by atoms with E-state index in [1.807, 2.05) is 13.8 Å². The van der Waals surface area contributed by atoms with Crippen LogP contribution in [0.2, 0.25) is 5.28 Å². The molecule has 0 bridgehead atoms. The van der Waals surface area contributed by atoms with Gasteiger partial charge in [0.15, 0.2) is 18.0 Å². The Labute approximate surface area is 155 Å². The summed E-state index contributed by atoms with van der Waals surface area (Å²) in [6.07, 6.45) is 5.36. The fraction of sp³-hybridized carbons (Fsp3) is 0.706. The van der Waals surface area contributed by atoms with Crippen LogP contribution in [0.5, 0.6) is 0 Å². The molecule has 2 aromatic rings. The maximum absolute atomic E-state index is 14.8. The van der Waals surface area contributed by atoms with Crippen molar-refractivity contribution in [1.29, 1.82) is 0 Å². The van der Waals surface area contributed by atoms with Crippen molar-refractivity contribution in [3.05, 3.63) is 11.6 Å². The molecule has 4 atom stereocenters. The Morgan fingerprint density at radius 3 is 2.80 bits per heavy atom. The third-order valence-corrected chi connectivity index (χ3v) is 6.78. The standard InChI is InChI=1S/C17H22ClFN4OS/c1-3-11-9(2)12(19)16(24-11)23-8-20-13-14(23)21-17(18)22-15(13)25-10-6-4-5-7-10/h8-12,16H,3-7H2,1-2H3/t9-,11-,12+,16-/m1/s1. The molecule has 0 N–H and O–H groups in total. The Kier molecular flexibility index (Phi) is 4.90. The van der Waals surface area contributed by atoms with Gasteiger partial charge in [0, 0.05) is 11.2 Å². The summed E-state index contributed by atoms with van der Waals surface area (Å²) in [6, 6.07) is 0. The topological polar surface area (TPSA) is 52.8 Å². The fourth-order valence-electron chi connectivity index (χ4n) is 3.83. The molecule has 2 aromatic heterocycles. The molecule has 3 heterocycles. The molecule has 0 aromatic carbocycles. The van der Waals surface area contributed by atoms with E-state index < -0.39 is 12.4 Å². The van der Waals surface area contributed by atoms with Gasteiger partial charge in [0.05, 0.1) is 12.4 Å². The SMILES string of the molecule is CC[C@H]1O[C@@H](n2cnc3c(SC4CCCC4)nc(Cl)nc32)[C@@H](F)[C@@H]1C. The number of hydrogen-bond donors (Lipinski definition) is 0. The summed E-state index contributed by atoms with van der Waals surface area (Å²) in [4.78, 5) is 13.2. The molecular weight excluding hydrogens is 363 g/mol. The van der Waals surface area contributed by atoms with Crippen LogP contribution in [0.15, 0.2) is 11.4 Å². The molecule has 2 fully saturated rings. The minimum Gasteiger partial charge on any atom is -0.351 e. The minimum atomic E-state index is -1.10. The molecule has 8 heteroatoms. The van der Waals surface area contributed by atoms with Gasteiger partial charge in [-0.3, -0.25) is 4.57 Å². The maximum atomic E-state index is 14.8. The van der Waals surface area contributed by atoms with Crippen molar-refractivity contribution in [2.45, 2.75) is 74.7 Å². The largest absolute Gasteiger partial charge is 0.351 e. The number of aromatic nitrogens is 4. The van der Waals surface area contributed by atoms with Crippen molar-refractivity contribution in [3.63, 3.8) is 0 Å². The van der Waals surface area contributed by atoms with Gasteiger partial charge in [-0.2, -0.15) is 4.98 Å². The molecule has 5 nitrogen and oxygen atoms in total. The van der Waals surface area contributed by atoms with Crippen LogP contribution >= 0.6 is 23.4 Å². The van der Waals surface area contributed by atoms with Gasteiger partial charge in [-0.1, -0.05) is 26.7 Å². The normalized spacial score (nSPS) is 30.6. The number of ether oxygens (including phenoxy) is 1. The molecule has 4 rings (SSSR count). The highest BCUT2D eigenvalue weighted by Crippen LogP contribution is 2.40. The van der Waals surface area contributed by atoms with Gasteiger partial charge in [-0.05, 0) is 30.9 Å². The molecule has 25 heavy (non-hydrogen) atoms. The van der Waals surface area contributed by atoms with Crippen LogP contribution in [0.1, 0.15) is 52.2 Å². The van der Waals surface area contributed by atoms with Crippen molar-refractivity contribution in [2.24, 2.45) is 5.92 Å². The Balaban J connectivity index is 1.70. The van der Waals surface area contributed by atoms with Crippen LogP contribution in [0.4, 0.5) is 4.39 Å². The van der Waals surface area contributed by atoms with E-state index >= 15 is 0 Å². The van der Waals surface area contributed by atoms with Gasteiger partial charge in [-0.15, -0.1) is 11.8 Å². The highest BCUT2D eigenvalue weighted by Gasteiger charge is 2.43. The van der Waals surface area contributed by atoms with Gasteiger partial charge in [0.1, 0.15) is 10.5 Å². The number of imidazole rings is 1. The first-order valence-corrected chi connectivity index (χ1v) is 10.2. The second-order valence-electron chi connectivity index (χ2n) is 6.92. The number of thioether (sulfide) groups is 1. The summed E-state index contributed by atoms with van der Waals surface area (Å²) in [6.45, 7) is 3.90. The molecule has 0 spiro atoms. The molecule has 0 radical (unpaired) electrons. The van der Waals surface area contributed by atoms with Crippen molar-refractivity contribution in [2.75, 3.05) is 0 Å². The third-order valence-electron chi connectivity index (χ3n) is 5.29. The van der Waals surface area contributed by atoms with E-state index in [4.69, 9.17) is 16.3 Å². The average molecular weight is 385 g/mol. The second-order valence-corrected chi connectivity index (χ2v) is 8.55. The van der Waals surface area contributed by atoms with E-state index in [0.717, 1.165) is 11.4 Å². The number of halogens is 2. The molecule has 1 saturated heterocycles. The number of alkyl halides is 1. The number of rotatable bonds is 4. The summed E-state index contributed by atoms with van der Waals surface area (Å²) < 4.78 is 22.4. The second kappa shape index (κ2) is 7.00. The fourth-order valence-corrected chi connectivity index (χ4v) is 5.32. The first-order chi connectivity index (χ1) is 12.1. The predicted molar refractivity (Wildman–Crippen MR) is 96.7 cm³/mol. The van der Waals surface area contributed by atoms with Crippen LogP contribution in [0.3, 0.4) is 0 Å². The lowest BCUT2D eigenvalue weighted by Gasteiger charge is -2.16. The number of nitrogens with zero attached hydrogens (tertiary/aromatic N) is 4. The highest BCUT2D eigenvalue weighted by atomic mass is 35.5. The molecule has 2 aliphatic rings. The quantitative estimate of drug-likeness (QED) is 0.560. The predicted octanol–water partition coefficient (Wildman–Crippen LogP) is 4.80. The van der Waals surface area contributed by atoms with E-state index in [1.165, 1.54) is 25.7 Å². The summed E-state index contributed by atoms with van der Waals surface area (Å²) >= 11 is 7.87. The zero-order chi connectivity index (χ0) is 17.6. The van der Waals surface area contributed by atoms with Crippen molar-refractivity contribution < 1.29 is 9.13 Å². The van der Waals surface area contributed by atoms with Gasteiger partial charge in [0.2, 0.25) is 5.28 Å². The lowest BCUT2D eigenvalue weighted by Crippen LogP contribution is -2.20.